The van der Waals surface area contributed by atoms with Crippen LogP contribution in [0.5, 0.6) is 11.5 Å². The number of benzene rings is 2. The second-order valence-corrected chi connectivity index (χ2v) is 10.3. The molecule has 40 heavy (non-hydrogen) atoms. The Morgan fingerprint density at radius 2 is 1.93 bits per heavy atom. The van der Waals surface area contributed by atoms with Crippen molar-refractivity contribution in [3.05, 3.63) is 80.7 Å². The molecule has 0 saturated heterocycles. The van der Waals surface area contributed by atoms with Crippen molar-refractivity contribution >= 4 is 34.4 Å². The summed E-state index contributed by atoms with van der Waals surface area (Å²) in [4.78, 5) is 27.8. The average molecular weight is 669 g/mol. The lowest BCUT2D eigenvalue weighted by atomic mass is 9.87. The van der Waals surface area contributed by atoms with E-state index in [9.17, 15) is 29.3 Å². The molecule has 2 aromatic rings. The van der Waals surface area contributed by atoms with Gasteiger partial charge < -0.3 is 35.0 Å². The zero-order chi connectivity index (χ0) is 29.2. The fourth-order valence-corrected chi connectivity index (χ4v) is 5.15. The Balaban J connectivity index is 2.04. The van der Waals surface area contributed by atoms with E-state index in [4.69, 9.17) is 9.47 Å². The molecule has 216 valence electrons. The van der Waals surface area contributed by atoms with Crippen LogP contribution in [0.25, 0.3) is 0 Å². The second-order valence-electron chi connectivity index (χ2n) is 9.19. The summed E-state index contributed by atoms with van der Waals surface area (Å²) in [5, 5.41) is 33.0. The number of hydrogen-bond acceptors (Lipinski definition) is 7. The molecule has 2 amide bonds. The molecule has 1 aliphatic rings. The van der Waals surface area contributed by atoms with Gasteiger partial charge in [-0.25, -0.2) is 4.39 Å². The number of aliphatic hydroxyl groups is 3. The first-order valence-corrected chi connectivity index (χ1v) is 13.9. The van der Waals surface area contributed by atoms with Crippen LogP contribution in [-0.2, 0) is 22.7 Å². The molecule has 3 unspecified atom stereocenters. The van der Waals surface area contributed by atoms with Gasteiger partial charge in [0, 0.05) is 25.1 Å². The molecule has 4 N–H and O–H groups in total. The fourth-order valence-electron chi connectivity index (χ4n) is 4.35. The van der Waals surface area contributed by atoms with E-state index >= 15 is 0 Å². The van der Waals surface area contributed by atoms with Crippen molar-refractivity contribution in [1.29, 1.82) is 0 Å². The monoisotopic (exact) mass is 668 g/mol. The highest BCUT2D eigenvalue weighted by atomic mass is 127. The van der Waals surface area contributed by atoms with Crippen LogP contribution in [0, 0.1) is 9.39 Å². The lowest BCUT2D eigenvalue weighted by Crippen LogP contribution is -2.54. The summed E-state index contributed by atoms with van der Waals surface area (Å²) < 4.78 is 25.9. The van der Waals surface area contributed by atoms with Crippen LogP contribution in [0.3, 0.4) is 0 Å². The van der Waals surface area contributed by atoms with E-state index in [2.05, 4.69) is 5.32 Å². The molecule has 0 aliphatic heterocycles. The third kappa shape index (κ3) is 8.03. The van der Waals surface area contributed by atoms with Crippen molar-refractivity contribution in [2.75, 3.05) is 20.3 Å². The minimum Gasteiger partial charge on any atom is -0.493 e. The standard InChI is InChI=1S/C29H34FIN2O7/c1-3-4-5-26(36)33(16-18-6-8-21(30)9-7-18)23-14-20(29(38)32-10-11-34)15-24(27(23)37)40-28-22(31)12-19(17-35)13-25(28)39-2/h4-9,12-13,15,23-24,27,34-35,37H,3,10-11,14,16-17H2,1-2H3,(H,32,38). The maximum atomic E-state index is 13.6. The van der Waals surface area contributed by atoms with E-state index in [-0.39, 0.29) is 44.2 Å². The summed E-state index contributed by atoms with van der Waals surface area (Å²) in [6.45, 7) is 1.51. The fraction of sp³-hybridized carbons (Fsp3) is 0.379. The Bertz CT molecular complexity index is 1240. The first-order valence-electron chi connectivity index (χ1n) is 12.9. The molecule has 0 saturated carbocycles. The SMILES string of the molecule is CCC=CC(=O)N(Cc1ccc(F)cc1)C1CC(C(=O)NCCO)=CC(Oc2c(I)cc(CO)cc2OC)C1O. The molecule has 0 radical (unpaired) electrons. The molecule has 0 heterocycles. The van der Waals surface area contributed by atoms with E-state index in [1.54, 1.807) is 30.3 Å². The Kier molecular flexibility index (Phi) is 11.9. The number of halogens is 2. The van der Waals surface area contributed by atoms with Crippen LogP contribution in [-0.4, -0.2) is 70.5 Å². The van der Waals surface area contributed by atoms with Gasteiger partial charge in [-0.15, -0.1) is 0 Å². The molecule has 0 aromatic heterocycles. The molecular formula is C29H34FIN2O7. The van der Waals surface area contributed by atoms with E-state index in [0.717, 1.165) is 0 Å². The van der Waals surface area contributed by atoms with Gasteiger partial charge in [0.05, 0.1) is 29.9 Å². The van der Waals surface area contributed by atoms with Gasteiger partial charge in [0.2, 0.25) is 11.8 Å². The number of carbonyl (C=O) groups is 2. The normalized spacial score (nSPS) is 18.8. The molecule has 1 aliphatic carbocycles. The van der Waals surface area contributed by atoms with Crippen molar-refractivity contribution in [3.63, 3.8) is 0 Å². The number of ether oxygens (including phenoxy) is 2. The lowest BCUT2D eigenvalue weighted by Gasteiger charge is -2.40. The molecule has 3 rings (SSSR count). The maximum Gasteiger partial charge on any atom is 0.247 e. The maximum absolute atomic E-state index is 13.6. The van der Waals surface area contributed by atoms with Crippen molar-refractivity contribution in [2.45, 2.75) is 51.2 Å². The predicted octanol–water partition coefficient (Wildman–Crippen LogP) is 2.84. The molecule has 0 spiro atoms. The Hall–Kier alpha value is -3.00. The smallest absolute Gasteiger partial charge is 0.247 e. The summed E-state index contributed by atoms with van der Waals surface area (Å²) in [5.74, 6) is -0.630. The van der Waals surface area contributed by atoms with E-state index < -0.39 is 30.0 Å². The third-order valence-corrected chi connectivity index (χ3v) is 7.19. The van der Waals surface area contributed by atoms with Gasteiger partial charge in [-0.3, -0.25) is 9.59 Å². The van der Waals surface area contributed by atoms with E-state index in [1.807, 2.05) is 29.5 Å². The van der Waals surface area contributed by atoms with Gasteiger partial charge in [0.25, 0.3) is 0 Å². The largest absolute Gasteiger partial charge is 0.493 e. The van der Waals surface area contributed by atoms with Crippen LogP contribution in [0.4, 0.5) is 4.39 Å². The minimum absolute atomic E-state index is 0.0167. The van der Waals surface area contributed by atoms with Crippen LogP contribution >= 0.6 is 22.6 Å². The quantitative estimate of drug-likeness (QED) is 0.202. The Morgan fingerprint density at radius 1 is 1.20 bits per heavy atom. The number of allylic oxidation sites excluding steroid dienone is 1. The van der Waals surface area contributed by atoms with Crippen molar-refractivity contribution in [1.82, 2.24) is 10.2 Å². The van der Waals surface area contributed by atoms with Gasteiger partial charge in [-0.05, 0) is 76.6 Å². The number of rotatable bonds is 12. The minimum atomic E-state index is -1.26. The number of carbonyl (C=O) groups excluding carboxylic acids is 2. The highest BCUT2D eigenvalue weighted by molar-refractivity contribution is 14.1. The second kappa shape index (κ2) is 15.1. The summed E-state index contributed by atoms with van der Waals surface area (Å²) in [6.07, 6.45) is 2.93. The molecule has 11 heteroatoms. The van der Waals surface area contributed by atoms with Crippen molar-refractivity contribution in [3.8, 4) is 11.5 Å². The molecular weight excluding hydrogens is 634 g/mol. The number of aliphatic hydroxyl groups excluding tert-OH is 3. The number of methoxy groups -OCH3 is 1. The predicted molar refractivity (Wildman–Crippen MR) is 155 cm³/mol. The molecule has 0 bridgehead atoms. The first kappa shape index (κ1) is 31.5. The van der Waals surface area contributed by atoms with E-state index in [1.165, 1.54) is 36.3 Å². The Labute approximate surface area is 246 Å². The zero-order valence-corrected chi connectivity index (χ0v) is 24.5. The van der Waals surface area contributed by atoms with Crippen molar-refractivity contribution in [2.24, 2.45) is 0 Å². The van der Waals surface area contributed by atoms with Gasteiger partial charge in [-0.1, -0.05) is 25.1 Å². The summed E-state index contributed by atoms with van der Waals surface area (Å²) in [7, 11) is 1.45. The summed E-state index contributed by atoms with van der Waals surface area (Å²) >= 11 is 2.03. The number of amides is 2. The Morgan fingerprint density at radius 3 is 2.55 bits per heavy atom. The van der Waals surface area contributed by atoms with E-state index in [0.29, 0.717) is 32.6 Å². The number of nitrogens with one attached hydrogen (secondary N) is 1. The highest BCUT2D eigenvalue weighted by Gasteiger charge is 2.40. The van der Waals surface area contributed by atoms with Gasteiger partial charge in [0.1, 0.15) is 18.0 Å². The first-order chi connectivity index (χ1) is 19.2. The average Bonchev–Trinajstić information content (AvgIpc) is 2.96. The summed E-state index contributed by atoms with van der Waals surface area (Å²) in [6, 6.07) is 8.14. The zero-order valence-electron chi connectivity index (χ0n) is 22.3. The third-order valence-electron chi connectivity index (χ3n) is 6.39. The number of nitrogens with zero attached hydrogens (tertiary/aromatic N) is 1. The summed E-state index contributed by atoms with van der Waals surface area (Å²) in [5.41, 5.74) is 1.51. The van der Waals surface area contributed by atoms with Crippen LogP contribution in [0.15, 0.2) is 60.2 Å². The topological polar surface area (TPSA) is 129 Å². The van der Waals surface area contributed by atoms with Gasteiger partial charge >= 0.3 is 0 Å². The van der Waals surface area contributed by atoms with Crippen LogP contribution in [0.2, 0.25) is 0 Å². The lowest BCUT2D eigenvalue weighted by molar-refractivity contribution is -0.134. The van der Waals surface area contributed by atoms with Crippen LogP contribution in [0.1, 0.15) is 30.9 Å². The van der Waals surface area contributed by atoms with Crippen molar-refractivity contribution < 1.29 is 38.8 Å². The molecule has 2 aromatic carbocycles. The van der Waals surface area contributed by atoms with Gasteiger partial charge in [-0.2, -0.15) is 0 Å². The molecule has 3 atom stereocenters. The number of hydrogen-bond donors (Lipinski definition) is 4. The van der Waals surface area contributed by atoms with Gasteiger partial charge in [0.15, 0.2) is 11.5 Å². The van der Waals surface area contributed by atoms with Crippen LogP contribution < -0.4 is 14.8 Å². The molecule has 0 fully saturated rings. The highest BCUT2D eigenvalue weighted by Crippen LogP contribution is 2.37. The molecule has 9 nitrogen and oxygen atoms in total.